The molecule has 0 atom stereocenters. The van der Waals surface area contributed by atoms with Crippen LogP contribution in [-0.4, -0.2) is 30.3 Å². The molecule has 0 radical (unpaired) electrons. The van der Waals surface area contributed by atoms with Crippen molar-refractivity contribution in [3.63, 3.8) is 0 Å². The summed E-state index contributed by atoms with van der Waals surface area (Å²) < 4.78 is 0. The molecule has 4 heteroatoms. The number of para-hydroxylation sites is 1. The first-order valence-electron chi connectivity index (χ1n) is 5.49. The Labute approximate surface area is 102 Å². The SMILES string of the molecule is CC(=O)N(C)CC(=O)Nc1c(C)cccc1C. The molecule has 0 aliphatic heterocycles. The minimum Gasteiger partial charge on any atom is -0.337 e. The molecule has 0 aliphatic rings. The van der Waals surface area contributed by atoms with E-state index < -0.39 is 0 Å². The number of nitrogens with one attached hydrogen (secondary N) is 1. The van der Waals surface area contributed by atoms with Crippen molar-refractivity contribution in [2.24, 2.45) is 0 Å². The topological polar surface area (TPSA) is 49.4 Å². The summed E-state index contributed by atoms with van der Waals surface area (Å²) in [5, 5.41) is 2.83. The number of carbonyl (C=O) groups excluding carboxylic acids is 2. The molecule has 0 saturated carbocycles. The van der Waals surface area contributed by atoms with E-state index in [9.17, 15) is 9.59 Å². The molecule has 0 aliphatic carbocycles. The largest absolute Gasteiger partial charge is 0.337 e. The Morgan fingerprint density at radius 3 is 2.24 bits per heavy atom. The summed E-state index contributed by atoms with van der Waals surface area (Å²) in [7, 11) is 1.60. The van der Waals surface area contributed by atoms with Gasteiger partial charge >= 0.3 is 0 Å². The van der Waals surface area contributed by atoms with E-state index in [1.165, 1.54) is 11.8 Å². The van der Waals surface area contributed by atoms with Gasteiger partial charge < -0.3 is 10.2 Å². The van der Waals surface area contributed by atoms with Crippen LogP contribution in [0.5, 0.6) is 0 Å². The number of likely N-dealkylation sites (N-methyl/N-ethyl adjacent to an activating group) is 1. The van der Waals surface area contributed by atoms with Crippen molar-refractivity contribution in [3.05, 3.63) is 29.3 Å². The number of hydrogen-bond acceptors (Lipinski definition) is 2. The van der Waals surface area contributed by atoms with Crippen molar-refractivity contribution in [1.82, 2.24) is 4.90 Å². The second kappa shape index (κ2) is 5.48. The van der Waals surface area contributed by atoms with Gasteiger partial charge in [0.15, 0.2) is 0 Å². The van der Waals surface area contributed by atoms with E-state index in [1.807, 2.05) is 32.0 Å². The van der Waals surface area contributed by atoms with Gasteiger partial charge in [0, 0.05) is 19.7 Å². The summed E-state index contributed by atoms with van der Waals surface area (Å²) >= 11 is 0. The van der Waals surface area contributed by atoms with Crippen molar-refractivity contribution in [1.29, 1.82) is 0 Å². The number of benzene rings is 1. The second-order valence-corrected chi connectivity index (χ2v) is 4.19. The van der Waals surface area contributed by atoms with Crippen LogP contribution in [0.3, 0.4) is 0 Å². The van der Waals surface area contributed by atoms with Gasteiger partial charge in [-0.15, -0.1) is 0 Å². The van der Waals surface area contributed by atoms with E-state index in [4.69, 9.17) is 0 Å². The molecule has 1 aromatic rings. The minimum absolute atomic E-state index is 0.0725. The highest BCUT2D eigenvalue weighted by atomic mass is 16.2. The van der Waals surface area contributed by atoms with E-state index in [0.717, 1.165) is 16.8 Å². The summed E-state index contributed by atoms with van der Waals surface area (Å²) in [6.45, 7) is 5.39. The quantitative estimate of drug-likeness (QED) is 0.865. The average Bonchev–Trinajstić information content (AvgIpc) is 2.23. The predicted octanol–water partition coefficient (Wildman–Crippen LogP) is 1.72. The molecular formula is C13H18N2O2. The molecule has 1 aromatic carbocycles. The molecule has 2 amide bonds. The Balaban J connectivity index is 2.72. The first-order valence-corrected chi connectivity index (χ1v) is 5.49. The Hall–Kier alpha value is -1.84. The zero-order chi connectivity index (χ0) is 13.0. The number of rotatable bonds is 3. The molecule has 1 rings (SSSR count). The summed E-state index contributed by atoms with van der Waals surface area (Å²) in [5.74, 6) is -0.304. The third-order valence-electron chi connectivity index (χ3n) is 2.66. The number of hydrogen-bond donors (Lipinski definition) is 1. The molecule has 0 spiro atoms. The second-order valence-electron chi connectivity index (χ2n) is 4.19. The van der Waals surface area contributed by atoms with Gasteiger partial charge in [-0.2, -0.15) is 0 Å². The van der Waals surface area contributed by atoms with Gasteiger partial charge in [0.2, 0.25) is 11.8 Å². The van der Waals surface area contributed by atoms with Crippen LogP contribution in [-0.2, 0) is 9.59 Å². The van der Waals surface area contributed by atoms with Gasteiger partial charge in [-0.1, -0.05) is 18.2 Å². The van der Waals surface area contributed by atoms with Crippen LogP contribution in [0.25, 0.3) is 0 Å². The van der Waals surface area contributed by atoms with Gasteiger partial charge in [-0.3, -0.25) is 9.59 Å². The fourth-order valence-electron chi connectivity index (χ4n) is 1.52. The standard InChI is InChI=1S/C13H18N2O2/c1-9-6-5-7-10(2)13(9)14-12(17)8-15(4)11(3)16/h5-7H,8H2,1-4H3,(H,14,17). The highest BCUT2D eigenvalue weighted by Crippen LogP contribution is 2.19. The van der Waals surface area contributed by atoms with Gasteiger partial charge in [-0.05, 0) is 25.0 Å². The highest BCUT2D eigenvalue weighted by molar-refractivity contribution is 5.95. The number of amides is 2. The van der Waals surface area contributed by atoms with E-state index in [1.54, 1.807) is 7.05 Å². The van der Waals surface area contributed by atoms with Crippen molar-refractivity contribution in [2.45, 2.75) is 20.8 Å². The summed E-state index contributed by atoms with van der Waals surface area (Å²) in [6.07, 6.45) is 0. The van der Waals surface area contributed by atoms with Crippen LogP contribution in [0.1, 0.15) is 18.1 Å². The van der Waals surface area contributed by atoms with E-state index in [0.29, 0.717) is 0 Å². The van der Waals surface area contributed by atoms with Gasteiger partial charge in [-0.25, -0.2) is 0 Å². The van der Waals surface area contributed by atoms with E-state index in [-0.39, 0.29) is 18.4 Å². The van der Waals surface area contributed by atoms with Gasteiger partial charge in [0.25, 0.3) is 0 Å². The molecule has 92 valence electrons. The monoisotopic (exact) mass is 234 g/mol. The molecular weight excluding hydrogens is 216 g/mol. The third kappa shape index (κ3) is 3.59. The maximum absolute atomic E-state index is 11.7. The van der Waals surface area contributed by atoms with Crippen molar-refractivity contribution in [2.75, 3.05) is 18.9 Å². The van der Waals surface area contributed by atoms with Crippen LogP contribution >= 0.6 is 0 Å². The lowest BCUT2D eigenvalue weighted by molar-refractivity contribution is -0.131. The van der Waals surface area contributed by atoms with E-state index in [2.05, 4.69) is 5.32 Å². The fourth-order valence-corrected chi connectivity index (χ4v) is 1.52. The predicted molar refractivity (Wildman–Crippen MR) is 67.9 cm³/mol. The molecule has 0 unspecified atom stereocenters. The number of carbonyl (C=O) groups is 2. The Morgan fingerprint density at radius 1 is 1.24 bits per heavy atom. The number of aryl methyl sites for hydroxylation is 2. The summed E-state index contributed by atoms with van der Waals surface area (Å²) in [4.78, 5) is 24.1. The number of anilines is 1. The van der Waals surface area contributed by atoms with Gasteiger partial charge in [0.1, 0.15) is 0 Å². The molecule has 0 fully saturated rings. The number of nitrogens with zero attached hydrogens (tertiary/aromatic N) is 1. The molecule has 4 nitrogen and oxygen atoms in total. The zero-order valence-corrected chi connectivity index (χ0v) is 10.7. The Bertz CT molecular complexity index is 421. The molecule has 0 heterocycles. The fraction of sp³-hybridized carbons (Fsp3) is 0.385. The van der Waals surface area contributed by atoms with Crippen molar-refractivity contribution < 1.29 is 9.59 Å². The molecule has 0 saturated heterocycles. The summed E-state index contributed by atoms with van der Waals surface area (Å²) in [6, 6.07) is 5.83. The highest BCUT2D eigenvalue weighted by Gasteiger charge is 2.11. The normalized spacial score (nSPS) is 9.88. The lowest BCUT2D eigenvalue weighted by Crippen LogP contribution is -2.33. The molecule has 1 N–H and O–H groups in total. The minimum atomic E-state index is -0.180. The van der Waals surface area contributed by atoms with Crippen LogP contribution < -0.4 is 5.32 Å². The average molecular weight is 234 g/mol. The van der Waals surface area contributed by atoms with Crippen LogP contribution in [0.15, 0.2) is 18.2 Å². The maximum atomic E-state index is 11.7. The van der Waals surface area contributed by atoms with Crippen molar-refractivity contribution in [3.8, 4) is 0 Å². The third-order valence-corrected chi connectivity index (χ3v) is 2.66. The summed E-state index contributed by atoms with van der Waals surface area (Å²) in [5.41, 5.74) is 2.86. The first-order chi connectivity index (χ1) is 7.91. The molecule has 17 heavy (non-hydrogen) atoms. The van der Waals surface area contributed by atoms with Gasteiger partial charge in [0.05, 0.1) is 6.54 Å². The Kier molecular flexibility index (Phi) is 4.26. The molecule has 0 bridgehead atoms. The van der Waals surface area contributed by atoms with Crippen LogP contribution in [0.4, 0.5) is 5.69 Å². The molecule has 0 aromatic heterocycles. The first kappa shape index (κ1) is 13.2. The Morgan fingerprint density at radius 2 is 1.76 bits per heavy atom. The van der Waals surface area contributed by atoms with E-state index >= 15 is 0 Å². The zero-order valence-electron chi connectivity index (χ0n) is 10.7. The smallest absolute Gasteiger partial charge is 0.243 e. The lowest BCUT2D eigenvalue weighted by Gasteiger charge is -2.16. The maximum Gasteiger partial charge on any atom is 0.243 e. The van der Waals surface area contributed by atoms with Crippen molar-refractivity contribution >= 4 is 17.5 Å². The lowest BCUT2D eigenvalue weighted by atomic mass is 10.1. The van der Waals surface area contributed by atoms with Crippen LogP contribution in [0.2, 0.25) is 0 Å². The van der Waals surface area contributed by atoms with Crippen LogP contribution in [0, 0.1) is 13.8 Å².